The third kappa shape index (κ3) is 5.04. The van der Waals surface area contributed by atoms with Crippen molar-refractivity contribution in [3.8, 4) is 11.8 Å². The smallest absolute Gasteiger partial charge is 0.273 e. The molecular formula is C24H25N3O2S2. The maximum absolute atomic E-state index is 13.4. The van der Waals surface area contributed by atoms with Gasteiger partial charge in [-0.15, -0.1) is 22.7 Å². The summed E-state index contributed by atoms with van der Waals surface area (Å²) in [7, 11) is 0. The summed E-state index contributed by atoms with van der Waals surface area (Å²) >= 11 is 2.77. The molecule has 0 fully saturated rings. The first kappa shape index (κ1) is 22.7. The summed E-state index contributed by atoms with van der Waals surface area (Å²) in [5.74, 6) is -0.450. The standard InChI is InChI=1S/C24H25N3O2S2/c1-5-6-11-26-22(28)19(14-25)24-27(20-10-7-15(2)12-16(20)3)23(29)21(31-24)13-18-9-8-17(4)30-18/h7-10,12-13H,5-6,11H2,1-4H3,(H,26,28)/b21-13-,24-19-. The predicted molar refractivity (Wildman–Crippen MR) is 128 cm³/mol. The Morgan fingerprint density at radius 1 is 1.19 bits per heavy atom. The van der Waals surface area contributed by atoms with Gasteiger partial charge in [-0.1, -0.05) is 31.0 Å². The highest BCUT2D eigenvalue weighted by atomic mass is 32.1. The summed E-state index contributed by atoms with van der Waals surface area (Å²) < 4.78 is 2.35. The van der Waals surface area contributed by atoms with Gasteiger partial charge in [0.25, 0.3) is 11.5 Å². The van der Waals surface area contributed by atoms with E-state index < -0.39 is 5.91 Å². The average Bonchev–Trinajstić information content (AvgIpc) is 3.27. The lowest BCUT2D eigenvalue weighted by Gasteiger charge is -2.09. The molecule has 3 rings (SSSR count). The Bertz CT molecular complexity index is 1340. The molecule has 2 heterocycles. The Labute approximate surface area is 189 Å². The zero-order valence-corrected chi connectivity index (χ0v) is 19.7. The van der Waals surface area contributed by atoms with Crippen molar-refractivity contribution in [3.05, 3.63) is 70.8 Å². The van der Waals surface area contributed by atoms with Crippen molar-refractivity contribution in [3.63, 3.8) is 0 Å². The molecule has 160 valence electrons. The topological polar surface area (TPSA) is 74.9 Å². The predicted octanol–water partition coefficient (Wildman–Crippen LogP) is 3.31. The van der Waals surface area contributed by atoms with Crippen molar-refractivity contribution in [1.29, 1.82) is 5.26 Å². The van der Waals surface area contributed by atoms with E-state index in [9.17, 15) is 14.9 Å². The quantitative estimate of drug-likeness (QED) is 0.585. The first-order chi connectivity index (χ1) is 14.8. The van der Waals surface area contributed by atoms with Crippen LogP contribution < -0.4 is 20.1 Å². The van der Waals surface area contributed by atoms with E-state index in [1.54, 1.807) is 11.3 Å². The zero-order valence-electron chi connectivity index (χ0n) is 18.1. The molecule has 31 heavy (non-hydrogen) atoms. The van der Waals surface area contributed by atoms with E-state index in [2.05, 4.69) is 5.32 Å². The lowest BCUT2D eigenvalue weighted by atomic mass is 10.1. The number of unbranched alkanes of at least 4 members (excludes halogenated alkanes) is 1. The van der Waals surface area contributed by atoms with Crippen LogP contribution in [0.25, 0.3) is 17.3 Å². The van der Waals surface area contributed by atoms with Crippen molar-refractivity contribution < 1.29 is 4.79 Å². The second-order valence-electron chi connectivity index (χ2n) is 7.39. The summed E-state index contributed by atoms with van der Waals surface area (Å²) in [6, 6.07) is 11.8. The number of hydrogen-bond acceptors (Lipinski definition) is 5. The molecule has 0 bridgehead atoms. The molecule has 0 saturated heterocycles. The van der Waals surface area contributed by atoms with Crippen LogP contribution in [0.15, 0.2) is 35.1 Å². The fourth-order valence-corrected chi connectivity index (χ4v) is 5.23. The fraction of sp³-hybridized carbons (Fsp3) is 0.292. The van der Waals surface area contributed by atoms with Gasteiger partial charge in [0.2, 0.25) is 0 Å². The maximum atomic E-state index is 13.4. The number of rotatable bonds is 6. The van der Waals surface area contributed by atoms with Gasteiger partial charge in [0, 0.05) is 16.3 Å². The molecule has 1 N–H and O–H groups in total. The lowest BCUT2D eigenvalue weighted by molar-refractivity contribution is -0.115. The van der Waals surface area contributed by atoms with Crippen LogP contribution in [-0.2, 0) is 4.79 Å². The molecule has 2 aromatic heterocycles. The summed E-state index contributed by atoms with van der Waals surface area (Å²) in [4.78, 5) is 28.3. The van der Waals surface area contributed by atoms with Gasteiger partial charge in [-0.3, -0.25) is 14.2 Å². The molecule has 1 amide bonds. The molecule has 0 unspecified atom stereocenters. The van der Waals surface area contributed by atoms with Crippen LogP contribution in [0.3, 0.4) is 0 Å². The van der Waals surface area contributed by atoms with Gasteiger partial charge in [-0.2, -0.15) is 5.26 Å². The first-order valence-electron chi connectivity index (χ1n) is 10.2. The molecule has 0 spiro atoms. The minimum absolute atomic E-state index is 0.0415. The molecule has 0 aliphatic carbocycles. The van der Waals surface area contributed by atoms with Crippen molar-refractivity contribution in [1.82, 2.24) is 9.88 Å². The van der Waals surface area contributed by atoms with Crippen molar-refractivity contribution in [2.24, 2.45) is 0 Å². The summed E-state index contributed by atoms with van der Waals surface area (Å²) in [5.41, 5.74) is 2.39. The van der Waals surface area contributed by atoms with E-state index in [-0.39, 0.29) is 11.1 Å². The van der Waals surface area contributed by atoms with Crippen LogP contribution in [0.4, 0.5) is 0 Å². The number of thiazole rings is 1. The molecule has 5 nitrogen and oxygen atoms in total. The number of nitriles is 1. The van der Waals surface area contributed by atoms with Crippen molar-refractivity contribution in [2.75, 3.05) is 6.54 Å². The Balaban J connectivity index is 2.32. The molecule has 0 radical (unpaired) electrons. The van der Waals surface area contributed by atoms with Gasteiger partial charge < -0.3 is 5.32 Å². The van der Waals surface area contributed by atoms with Crippen LogP contribution in [0.5, 0.6) is 0 Å². The number of carbonyl (C=O) groups is 1. The van der Waals surface area contributed by atoms with E-state index in [0.29, 0.717) is 21.4 Å². The first-order valence-corrected chi connectivity index (χ1v) is 11.8. The number of aromatic nitrogens is 1. The molecule has 0 atom stereocenters. The van der Waals surface area contributed by atoms with Crippen LogP contribution in [0.1, 0.15) is 40.6 Å². The SMILES string of the molecule is CCCCNC(=O)/C(C#N)=c1\s/c(=C\c2ccc(C)s2)c(=O)n1-c1ccc(C)cc1C. The Morgan fingerprint density at radius 2 is 1.97 bits per heavy atom. The molecule has 0 aliphatic heterocycles. The third-order valence-electron chi connectivity index (χ3n) is 4.82. The molecule has 0 aliphatic rings. The van der Waals surface area contributed by atoms with Crippen LogP contribution in [0.2, 0.25) is 0 Å². The van der Waals surface area contributed by atoms with Gasteiger partial charge in [0.05, 0.1) is 10.2 Å². The minimum Gasteiger partial charge on any atom is -0.351 e. The van der Waals surface area contributed by atoms with E-state index in [1.807, 2.05) is 70.2 Å². The number of nitrogens with zero attached hydrogens (tertiary/aromatic N) is 2. The molecule has 3 aromatic rings. The van der Waals surface area contributed by atoms with Gasteiger partial charge in [-0.25, -0.2) is 0 Å². The molecule has 7 heteroatoms. The van der Waals surface area contributed by atoms with Crippen LogP contribution in [-0.4, -0.2) is 17.0 Å². The van der Waals surface area contributed by atoms with Gasteiger partial charge >= 0.3 is 0 Å². The maximum Gasteiger partial charge on any atom is 0.273 e. The second kappa shape index (κ2) is 9.90. The van der Waals surface area contributed by atoms with E-state index in [4.69, 9.17) is 0 Å². The summed E-state index contributed by atoms with van der Waals surface area (Å²) in [6.45, 7) is 8.45. The number of nitrogens with one attached hydrogen (secondary N) is 1. The van der Waals surface area contributed by atoms with Gasteiger partial charge in [-0.05, 0) is 57.0 Å². The van der Waals surface area contributed by atoms with Gasteiger partial charge in [0.1, 0.15) is 10.7 Å². The Hall–Kier alpha value is -2.95. The van der Waals surface area contributed by atoms with Gasteiger partial charge in [0.15, 0.2) is 5.57 Å². The molecular weight excluding hydrogens is 426 g/mol. The third-order valence-corrected chi connectivity index (χ3v) is 6.86. The average molecular weight is 452 g/mol. The lowest BCUT2D eigenvalue weighted by Crippen LogP contribution is -2.34. The van der Waals surface area contributed by atoms with E-state index in [0.717, 1.165) is 33.7 Å². The largest absolute Gasteiger partial charge is 0.351 e. The second-order valence-corrected chi connectivity index (χ2v) is 9.74. The van der Waals surface area contributed by atoms with Crippen molar-refractivity contribution in [2.45, 2.75) is 40.5 Å². The van der Waals surface area contributed by atoms with Crippen LogP contribution in [0, 0.1) is 32.1 Å². The zero-order chi connectivity index (χ0) is 22.5. The Kier molecular flexibility index (Phi) is 7.26. The normalized spacial score (nSPS) is 12.5. The summed E-state index contributed by atoms with van der Waals surface area (Å²) in [5, 5.41) is 12.6. The number of amides is 1. The van der Waals surface area contributed by atoms with Crippen molar-refractivity contribution >= 4 is 40.2 Å². The number of thiophene rings is 1. The fourth-order valence-electron chi connectivity index (χ4n) is 3.25. The highest BCUT2D eigenvalue weighted by Gasteiger charge is 2.17. The molecule has 1 aromatic carbocycles. The molecule has 0 saturated carbocycles. The highest BCUT2D eigenvalue weighted by molar-refractivity contribution is 7.13. The monoisotopic (exact) mass is 451 g/mol. The Morgan fingerprint density at radius 3 is 2.58 bits per heavy atom. The highest BCUT2D eigenvalue weighted by Crippen LogP contribution is 2.16. The van der Waals surface area contributed by atoms with Crippen LogP contribution >= 0.6 is 22.7 Å². The minimum atomic E-state index is -0.450. The van der Waals surface area contributed by atoms with E-state index >= 15 is 0 Å². The number of aryl methyl sites for hydroxylation is 3. The number of benzene rings is 1. The number of hydrogen-bond donors (Lipinski definition) is 1. The number of carbonyl (C=O) groups excluding carboxylic acids is 1. The van der Waals surface area contributed by atoms with E-state index in [1.165, 1.54) is 15.9 Å². The summed E-state index contributed by atoms with van der Waals surface area (Å²) in [6.07, 6.45) is 3.60.